The first-order valence-electron chi connectivity index (χ1n) is 9.74. The van der Waals surface area contributed by atoms with Gasteiger partial charge in [-0.1, -0.05) is 12.1 Å². The number of hydrogen-bond acceptors (Lipinski definition) is 7. The summed E-state index contributed by atoms with van der Waals surface area (Å²) in [5, 5.41) is 4.39. The summed E-state index contributed by atoms with van der Waals surface area (Å²) in [6.07, 6.45) is -1.32. The average Bonchev–Trinajstić information content (AvgIpc) is 3.13. The summed E-state index contributed by atoms with van der Waals surface area (Å²) < 4.78 is 33.1. The number of imide groups is 1. The van der Waals surface area contributed by atoms with Crippen LogP contribution < -0.4 is 21.0 Å². The summed E-state index contributed by atoms with van der Waals surface area (Å²) in [6, 6.07) is 8.92. The van der Waals surface area contributed by atoms with Gasteiger partial charge in [-0.2, -0.15) is 0 Å². The molecule has 1 unspecified atom stereocenters. The number of hydrogen-bond donors (Lipinski definition) is 5. The van der Waals surface area contributed by atoms with Crippen LogP contribution in [0.2, 0.25) is 0 Å². The normalized spacial score (nSPS) is 12.1. The number of nitrogens with one attached hydrogen (secondary N) is 5. The number of aromatic amines is 2. The van der Waals surface area contributed by atoms with Crippen LogP contribution in [-0.4, -0.2) is 48.9 Å². The van der Waals surface area contributed by atoms with Crippen molar-refractivity contribution in [3.8, 4) is 0 Å². The number of carbonyl (C=O) groups is 3. The molecule has 13 heteroatoms. The molecule has 33 heavy (non-hydrogen) atoms. The maximum Gasteiger partial charge on any atom is 0.341 e. The highest BCUT2D eigenvalue weighted by Gasteiger charge is 2.24. The smallest absolute Gasteiger partial charge is 0.341 e. The molecule has 0 radical (unpaired) electrons. The number of esters is 1. The van der Waals surface area contributed by atoms with Gasteiger partial charge in [0, 0.05) is 6.54 Å². The average molecular weight is 475 g/mol. The van der Waals surface area contributed by atoms with Crippen LogP contribution in [0.4, 0.5) is 10.5 Å². The van der Waals surface area contributed by atoms with Crippen LogP contribution in [0.3, 0.4) is 0 Å². The van der Waals surface area contributed by atoms with Crippen LogP contribution in [-0.2, 0) is 19.6 Å². The molecule has 0 spiro atoms. The quantitative estimate of drug-likeness (QED) is 0.317. The summed E-state index contributed by atoms with van der Waals surface area (Å²) in [7, 11) is -4.14. The van der Waals surface area contributed by atoms with E-state index in [1.54, 1.807) is 6.92 Å². The Hall–Kier alpha value is -4.13. The number of H-pyrrole nitrogens is 2. The van der Waals surface area contributed by atoms with Gasteiger partial charge in [0.2, 0.25) is 0 Å². The van der Waals surface area contributed by atoms with Gasteiger partial charge in [-0.05, 0) is 44.2 Å². The molecule has 0 aliphatic heterocycles. The van der Waals surface area contributed by atoms with Crippen molar-refractivity contribution in [2.75, 3.05) is 11.3 Å². The number of imidazole rings is 1. The van der Waals surface area contributed by atoms with E-state index in [4.69, 9.17) is 4.74 Å². The van der Waals surface area contributed by atoms with Crippen molar-refractivity contribution in [3.05, 3.63) is 58.5 Å². The molecule has 1 aromatic heterocycles. The van der Waals surface area contributed by atoms with Gasteiger partial charge in [-0.15, -0.1) is 0 Å². The molecule has 0 saturated carbocycles. The Morgan fingerprint density at radius 3 is 2.48 bits per heavy atom. The van der Waals surface area contributed by atoms with Gasteiger partial charge in [0.15, 0.2) is 6.10 Å². The summed E-state index contributed by atoms with van der Waals surface area (Å²) in [4.78, 5) is 52.3. The molecule has 1 atom stereocenters. The zero-order chi connectivity index (χ0) is 24.2. The highest BCUT2D eigenvalue weighted by Crippen LogP contribution is 2.23. The lowest BCUT2D eigenvalue weighted by Crippen LogP contribution is -2.44. The highest BCUT2D eigenvalue weighted by atomic mass is 32.2. The van der Waals surface area contributed by atoms with Gasteiger partial charge in [0.1, 0.15) is 0 Å². The van der Waals surface area contributed by atoms with Gasteiger partial charge < -0.3 is 20.0 Å². The first-order valence-corrected chi connectivity index (χ1v) is 11.2. The Morgan fingerprint density at radius 2 is 1.76 bits per heavy atom. The molecule has 174 valence electrons. The third kappa shape index (κ3) is 5.57. The lowest BCUT2D eigenvalue weighted by molar-refractivity contribution is -0.127. The fourth-order valence-electron chi connectivity index (χ4n) is 2.83. The summed E-state index contributed by atoms with van der Waals surface area (Å²) in [5.74, 6) is -1.82. The molecule has 0 fully saturated rings. The maximum atomic E-state index is 12.9. The second kappa shape index (κ2) is 9.56. The Morgan fingerprint density at radius 1 is 1.06 bits per heavy atom. The topological polar surface area (TPSA) is 179 Å². The van der Waals surface area contributed by atoms with Crippen LogP contribution in [0, 0.1) is 0 Å². The Balaban J connectivity index is 1.79. The molecule has 0 aliphatic carbocycles. The number of fused-ring (bicyclic) bond motifs is 1. The lowest BCUT2D eigenvalue weighted by Gasteiger charge is -2.15. The SMILES string of the molecule is CCNC(=O)NC(=O)C(C)OC(=O)c1ccccc1NS(=O)(=O)c1ccc2[nH]c(=O)[nH]c2c1. The molecule has 0 aliphatic rings. The van der Waals surface area contributed by atoms with E-state index in [-0.39, 0.29) is 16.1 Å². The predicted molar refractivity (Wildman–Crippen MR) is 118 cm³/mol. The number of sulfonamides is 1. The summed E-state index contributed by atoms with van der Waals surface area (Å²) in [5.41, 5.74) is 0.0209. The Kier molecular flexibility index (Phi) is 6.82. The number of amides is 3. The Bertz CT molecular complexity index is 1380. The zero-order valence-electron chi connectivity index (χ0n) is 17.6. The predicted octanol–water partition coefficient (Wildman–Crippen LogP) is 1.05. The molecular weight excluding hydrogens is 454 g/mol. The van der Waals surface area contributed by atoms with Crippen LogP contribution in [0.1, 0.15) is 24.2 Å². The van der Waals surface area contributed by atoms with Gasteiger partial charge in [-0.25, -0.2) is 22.8 Å². The molecule has 3 aromatic rings. The molecule has 12 nitrogen and oxygen atoms in total. The number of carbonyl (C=O) groups excluding carboxylic acids is 3. The second-order valence-electron chi connectivity index (χ2n) is 6.83. The van der Waals surface area contributed by atoms with E-state index in [0.717, 1.165) is 0 Å². The van der Waals surface area contributed by atoms with E-state index >= 15 is 0 Å². The number of urea groups is 1. The van der Waals surface area contributed by atoms with Crippen molar-refractivity contribution in [1.29, 1.82) is 0 Å². The molecular formula is C20H21N5O7S. The van der Waals surface area contributed by atoms with Gasteiger partial charge in [0.05, 0.1) is 27.2 Å². The fraction of sp³-hybridized carbons (Fsp3) is 0.200. The van der Waals surface area contributed by atoms with Crippen LogP contribution in [0.25, 0.3) is 11.0 Å². The monoisotopic (exact) mass is 475 g/mol. The minimum Gasteiger partial charge on any atom is -0.449 e. The molecule has 3 rings (SSSR count). The van der Waals surface area contributed by atoms with E-state index in [9.17, 15) is 27.6 Å². The maximum absolute atomic E-state index is 12.9. The van der Waals surface area contributed by atoms with Crippen molar-refractivity contribution in [2.45, 2.75) is 24.8 Å². The van der Waals surface area contributed by atoms with Crippen LogP contribution in [0.5, 0.6) is 0 Å². The number of benzene rings is 2. The van der Waals surface area contributed by atoms with E-state index in [1.807, 2.05) is 5.32 Å². The lowest BCUT2D eigenvalue weighted by atomic mass is 10.2. The van der Waals surface area contributed by atoms with E-state index in [0.29, 0.717) is 17.6 Å². The van der Waals surface area contributed by atoms with Crippen molar-refractivity contribution >= 4 is 44.7 Å². The van der Waals surface area contributed by atoms with E-state index in [1.165, 1.54) is 49.4 Å². The van der Waals surface area contributed by atoms with Crippen LogP contribution in [0.15, 0.2) is 52.2 Å². The third-order valence-corrected chi connectivity index (χ3v) is 5.78. The number of aromatic nitrogens is 2. The zero-order valence-corrected chi connectivity index (χ0v) is 18.4. The van der Waals surface area contributed by atoms with E-state index in [2.05, 4.69) is 20.0 Å². The first kappa shape index (κ1) is 23.5. The standard InChI is InChI=1S/C20H21N5O7S/c1-3-21-19(28)24-17(26)11(2)32-18(27)13-6-4-5-7-14(13)25-33(30,31)12-8-9-15-16(10-12)23-20(29)22-15/h4-11,25H,3H2,1-2H3,(H2,22,23,29)(H2,21,24,26,28). The first-order chi connectivity index (χ1) is 15.6. The van der Waals surface area contributed by atoms with Crippen molar-refractivity contribution in [1.82, 2.24) is 20.6 Å². The summed E-state index contributed by atoms with van der Waals surface area (Å²) in [6.45, 7) is 3.24. The second-order valence-corrected chi connectivity index (χ2v) is 8.52. The third-order valence-electron chi connectivity index (χ3n) is 4.42. The summed E-state index contributed by atoms with van der Waals surface area (Å²) >= 11 is 0. The molecule has 3 amide bonds. The van der Waals surface area contributed by atoms with Crippen molar-refractivity contribution < 1.29 is 27.5 Å². The molecule has 2 aromatic carbocycles. The minimum atomic E-state index is -4.14. The Labute approximate surface area is 187 Å². The highest BCUT2D eigenvalue weighted by molar-refractivity contribution is 7.92. The minimum absolute atomic E-state index is 0.0820. The van der Waals surface area contributed by atoms with Gasteiger partial charge in [-0.3, -0.25) is 14.8 Å². The largest absolute Gasteiger partial charge is 0.449 e. The molecule has 0 bridgehead atoms. The van der Waals surface area contributed by atoms with Crippen LogP contribution >= 0.6 is 0 Å². The molecule has 0 saturated heterocycles. The number of para-hydroxylation sites is 1. The van der Waals surface area contributed by atoms with Crippen molar-refractivity contribution in [2.24, 2.45) is 0 Å². The molecule has 5 N–H and O–H groups in total. The number of ether oxygens (including phenoxy) is 1. The van der Waals surface area contributed by atoms with Gasteiger partial charge in [0.25, 0.3) is 15.9 Å². The van der Waals surface area contributed by atoms with Gasteiger partial charge >= 0.3 is 17.7 Å². The van der Waals surface area contributed by atoms with Crippen molar-refractivity contribution in [3.63, 3.8) is 0 Å². The number of rotatable bonds is 7. The molecule has 1 heterocycles. The number of anilines is 1. The fourth-order valence-corrected chi connectivity index (χ4v) is 3.93. The van der Waals surface area contributed by atoms with E-state index < -0.39 is 39.7 Å².